The fourth-order valence-corrected chi connectivity index (χ4v) is 3.70. The second-order valence-corrected chi connectivity index (χ2v) is 8.22. The number of rotatable bonds is 7. The second-order valence-electron chi connectivity index (χ2n) is 7.13. The van der Waals surface area contributed by atoms with E-state index in [9.17, 15) is 22.0 Å². The summed E-state index contributed by atoms with van der Waals surface area (Å²) in [7, 11) is 0. The predicted molar refractivity (Wildman–Crippen MR) is 136 cm³/mol. The first-order chi connectivity index (χ1) is 17.0. The van der Waals surface area contributed by atoms with Crippen LogP contribution in [0.4, 0.5) is 27.6 Å². The Morgan fingerprint density at radius 3 is 2.33 bits per heavy atom. The summed E-state index contributed by atoms with van der Waals surface area (Å²) >= 11 is 1.69. The fourth-order valence-electron chi connectivity index (χ4n) is 2.71. The third kappa shape index (κ3) is 15.2. The molecule has 0 saturated heterocycles. The Morgan fingerprint density at radius 2 is 1.75 bits per heavy atom. The first kappa shape index (κ1) is 33.2. The third-order valence-corrected chi connectivity index (χ3v) is 5.36. The van der Waals surface area contributed by atoms with E-state index in [1.165, 1.54) is 18.2 Å². The number of hydrogen-bond donors (Lipinski definition) is 2. The van der Waals surface area contributed by atoms with Crippen molar-refractivity contribution in [2.24, 2.45) is 4.99 Å². The van der Waals surface area contributed by atoms with Crippen LogP contribution in [-0.2, 0) is 4.79 Å². The molecule has 0 fully saturated rings. The minimum Gasteiger partial charge on any atom is -0.487 e. The number of benzene rings is 2. The van der Waals surface area contributed by atoms with E-state index >= 15 is 0 Å². The van der Waals surface area contributed by atoms with Gasteiger partial charge in [-0.1, -0.05) is 19.9 Å². The highest BCUT2D eigenvalue weighted by atomic mass is 32.2. The lowest BCUT2D eigenvalue weighted by Gasteiger charge is -2.11. The van der Waals surface area contributed by atoms with Crippen molar-refractivity contribution in [3.63, 3.8) is 0 Å². The monoisotopic (exact) mass is 536 g/mol. The summed E-state index contributed by atoms with van der Waals surface area (Å²) in [6, 6.07) is 9.73. The minimum atomic E-state index is -3.67. The maximum Gasteiger partial charge on any atom is 0.379 e. The van der Waals surface area contributed by atoms with Crippen LogP contribution in [0.5, 0.6) is 5.75 Å². The molecule has 0 saturated carbocycles. The molecule has 1 unspecified atom stereocenters. The molecule has 36 heavy (non-hydrogen) atoms. The largest absolute Gasteiger partial charge is 0.487 e. The SMILES string of the molecule is CC.CC(=O)O.Cc1cc(OCC2=NC(CCNc3cc(F)ccc3C)CS2)ccc1F.FC(F)F. The van der Waals surface area contributed by atoms with E-state index in [1.54, 1.807) is 36.9 Å². The number of anilines is 1. The quantitative estimate of drug-likeness (QED) is 0.364. The number of aliphatic carboxylic acids is 1. The van der Waals surface area contributed by atoms with Crippen LogP contribution < -0.4 is 10.1 Å². The van der Waals surface area contributed by atoms with E-state index < -0.39 is 12.6 Å². The van der Waals surface area contributed by atoms with Crippen LogP contribution in [-0.4, -0.2) is 47.7 Å². The second kappa shape index (κ2) is 18.4. The first-order valence-electron chi connectivity index (χ1n) is 11.2. The van der Waals surface area contributed by atoms with Gasteiger partial charge < -0.3 is 15.2 Å². The fraction of sp³-hybridized carbons (Fsp3) is 0.440. The van der Waals surface area contributed by atoms with Gasteiger partial charge in [-0.25, -0.2) is 8.78 Å². The Bertz CT molecular complexity index is 955. The molecule has 1 heterocycles. The highest BCUT2D eigenvalue weighted by Crippen LogP contribution is 2.23. The number of ether oxygens (including phenoxy) is 1. The molecule has 2 aromatic rings. The molecule has 5 nitrogen and oxygen atoms in total. The highest BCUT2D eigenvalue weighted by molar-refractivity contribution is 8.14. The number of carboxylic acids is 1. The van der Waals surface area contributed by atoms with Crippen LogP contribution in [0.25, 0.3) is 0 Å². The number of thioether (sulfide) groups is 1. The van der Waals surface area contributed by atoms with E-state index in [4.69, 9.17) is 14.6 Å². The van der Waals surface area contributed by atoms with E-state index in [0.29, 0.717) is 17.9 Å². The van der Waals surface area contributed by atoms with Crippen LogP contribution in [0.15, 0.2) is 41.4 Å². The van der Waals surface area contributed by atoms with E-state index in [1.807, 2.05) is 20.8 Å². The first-order valence-corrected chi connectivity index (χ1v) is 12.2. The molecule has 0 radical (unpaired) electrons. The summed E-state index contributed by atoms with van der Waals surface area (Å²) in [5.74, 6) is 0.276. The normalized spacial score (nSPS) is 13.8. The molecular formula is C25H33F5N2O3S. The molecule has 1 aliphatic rings. The Balaban J connectivity index is 0.00000106. The van der Waals surface area contributed by atoms with Gasteiger partial charge in [0.15, 0.2) is 0 Å². The Morgan fingerprint density at radius 1 is 1.14 bits per heavy atom. The van der Waals surface area contributed by atoms with Crippen LogP contribution in [0.2, 0.25) is 0 Å². The standard InChI is InChI=1S/C20H22F2N2OS.C2H4O2.C2H6.CHF3/c1-13-3-4-15(21)10-19(13)23-8-7-16-12-26-20(24-16)11-25-17-5-6-18(22)14(2)9-17;1-2(3)4;1-2;2-1(3)4/h3-6,9-10,16,23H,7-8,11-12H2,1-2H3;1H3,(H,3,4);1-2H3;1H. The van der Waals surface area contributed by atoms with Crippen molar-refractivity contribution in [3.8, 4) is 5.75 Å². The Labute approximate surface area is 213 Å². The molecule has 3 rings (SSSR count). The van der Waals surface area contributed by atoms with Crippen molar-refractivity contribution in [3.05, 3.63) is 59.2 Å². The molecule has 0 bridgehead atoms. The van der Waals surface area contributed by atoms with Gasteiger partial charge in [-0.3, -0.25) is 9.79 Å². The van der Waals surface area contributed by atoms with Crippen molar-refractivity contribution in [2.75, 3.05) is 24.2 Å². The molecule has 11 heteroatoms. The van der Waals surface area contributed by atoms with E-state index in [2.05, 4.69) is 10.3 Å². The highest BCUT2D eigenvalue weighted by Gasteiger charge is 2.18. The van der Waals surface area contributed by atoms with Gasteiger partial charge in [0.1, 0.15) is 29.0 Å². The summed E-state index contributed by atoms with van der Waals surface area (Å²) in [6.07, 6.45) is 0.877. The van der Waals surface area contributed by atoms with Gasteiger partial charge in [-0.2, -0.15) is 13.2 Å². The van der Waals surface area contributed by atoms with Gasteiger partial charge in [0.25, 0.3) is 5.97 Å². The average Bonchev–Trinajstić information content (AvgIpc) is 3.25. The van der Waals surface area contributed by atoms with E-state index in [0.717, 1.165) is 41.9 Å². The minimum absolute atomic E-state index is 0.231. The molecule has 2 N–H and O–H groups in total. The predicted octanol–water partition coefficient (Wildman–Crippen LogP) is 7.27. The summed E-state index contributed by atoms with van der Waals surface area (Å²) in [5, 5.41) is 11.7. The van der Waals surface area contributed by atoms with Crippen molar-refractivity contribution >= 4 is 28.5 Å². The van der Waals surface area contributed by atoms with Crippen LogP contribution >= 0.6 is 11.8 Å². The number of nitrogens with one attached hydrogen (secondary N) is 1. The maximum absolute atomic E-state index is 13.3. The summed E-state index contributed by atoms with van der Waals surface area (Å²) in [5.41, 5.74) is 2.43. The van der Waals surface area contributed by atoms with Crippen molar-refractivity contribution < 1.29 is 36.6 Å². The third-order valence-electron chi connectivity index (χ3n) is 4.25. The summed E-state index contributed by atoms with van der Waals surface area (Å²) in [6.45, 7) is 6.23. The molecule has 0 aromatic heterocycles. The van der Waals surface area contributed by atoms with Crippen molar-refractivity contribution in [2.45, 2.75) is 53.8 Å². The van der Waals surface area contributed by atoms with Gasteiger partial charge >= 0.3 is 6.68 Å². The molecule has 0 aliphatic carbocycles. The molecule has 1 aliphatic heterocycles. The van der Waals surface area contributed by atoms with Gasteiger partial charge in [-0.15, -0.1) is 11.8 Å². The molecular weight excluding hydrogens is 503 g/mol. The molecule has 0 amide bonds. The average molecular weight is 537 g/mol. The van der Waals surface area contributed by atoms with Crippen molar-refractivity contribution in [1.29, 1.82) is 0 Å². The lowest BCUT2D eigenvalue weighted by Crippen LogP contribution is -2.12. The number of alkyl halides is 3. The number of aryl methyl sites for hydroxylation is 2. The summed E-state index contributed by atoms with van der Waals surface area (Å²) in [4.78, 5) is 13.7. The Hall–Kier alpha value is -2.82. The molecule has 1 atom stereocenters. The lowest BCUT2D eigenvalue weighted by atomic mass is 10.2. The molecule has 0 spiro atoms. The Kier molecular flexibility index (Phi) is 17.0. The van der Waals surface area contributed by atoms with Crippen LogP contribution in [0, 0.1) is 25.5 Å². The van der Waals surface area contributed by atoms with E-state index in [-0.39, 0.29) is 17.7 Å². The number of nitrogens with zero attached hydrogens (tertiary/aromatic N) is 1. The lowest BCUT2D eigenvalue weighted by molar-refractivity contribution is -0.134. The van der Waals surface area contributed by atoms with Crippen molar-refractivity contribution in [1.82, 2.24) is 0 Å². The topological polar surface area (TPSA) is 70.9 Å². The van der Waals surface area contributed by atoms with Crippen LogP contribution in [0.3, 0.4) is 0 Å². The zero-order valence-corrected chi connectivity index (χ0v) is 21.8. The summed E-state index contributed by atoms with van der Waals surface area (Å²) < 4.78 is 61.3. The number of halogens is 5. The zero-order chi connectivity index (χ0) is 27.7. The van der Waals surface area contributed by atoms with Gasteiger partial charge in [0.2, 0.25) is 0 Å². The zero-order valence-electron chi connectivity index (χ0n) is 21.0. The van der Waals surface area contributed by atoms with Gasteiger partial charge in [0.05, 0.1) is 6.04 Å². The molecule has 2 aromatic carbocycles. The number of carbonyl (C=O) groups is 1. The smallest absolute Gasteiger partial charge is 0.379 e. The van der Waals surface area contributed by atoms with Crippen LogP contribution in [0.1, 0.15) is 38.3 Å². The number of hydrogen-bond acceptors (Lipinski definition) is 5. The maximum atomic E-state index is 13.3. The number of aliphatic imine (C=N–C) groups is 1. The number of carboxylic acid groups (broad SMARTS) is 1. The van der Waals surface area contributed by atoms with Gasteiger partial charge in [0, 0.05) is 24.9 Å². The molecule has 202 valence electrons. The van der Waals surface area contributed by atoms with Gasteiger partial charge in [-0.05, 0) is 61.7 Å².